The van der Waals surface area contributed by atoms with E-state index in [0.717, 1.165) is 29.2 Å². The van der Waals surface area contributed by atoms with E-state index in [1.807, 2.05) is 20.8 Å². The summed E-state index contributed by atoms with van der Waals surface area (Å²) in [6.07, 6.45) is 0. The summed E-state index contributed by atoms with van der Waals surface area (Å²) >= 11 is 0. The molecule has 21 heavy (non-hydrogen) atoms. The van der Waals surface area contributed by atoms with Gasteiger partial charge in [0.15, 0.2) is 5.82 Å². The maximum Gasteiger partial charge on any atom is 0.387 e. The van der Waals surface area contributed by atoms with Crippen molar-refractivity contribution in [1.29, 1.82) is 0 Å². The highest BCUT2D eigenvalue weighted by Crippen LogP contribution is 2.24. The summed E-state index contributed by atoms with van der Waals surface area (Å²) in [7, 11) is 0. The fraction of sp³-hybridized carbons (Fsp3) is 0.333. The van der Waals surface area contributed by atoms with Crippen LogP contribution in [0.4, 0.5) is 14.6 Å². The number of ether oxygens (including phenoxy) is 1. The molecule has 1 aromatic carbocycles. The molecule has 0 unspecified atom stereocenters. The van der Waals surface area contributed by atoms with Crippen LogP contribution in [0.2, 0.25) is 0 Å². The van der Waals surface area contributed by atoms with Crippen molar-refractivity contribution in [3.63, 3.8) is 0 Å². The average Bonchev–Trinajstić information content (AvgIpc) is 2.44. The second-order valence-electron chi connectivity index (χ2n) is 4.54. The highest BCUT2D eigenvalue weighted by molar-refractivity contribution is 5.60. The fourth-order valence-corrected chi connectivity index (χ4v) is 1.88. The minimum Gasteiger partial charge on any atom is -0.435 e. The van der Waals surface area contributed by atoms with Crippen LogP contribution in [0, 0.1) is 13.8 Å². The van der Waals surface area contributed by atoms with Crippen LogP contribution in [0.3, 0.4) is 0 Å². The van der Waals surface area contributed by atoms with Crippen LogP contribution in [0.5, 0.6) is 5.75 Å². The van der Waals surface area contributed by atoms with Crippen molar-refractivity contribution in [2.24, 2.45) is 0 Å². The molecule has 0 aliphatic carbocycles. The van der Waals surface area contributed by atoms with Crippen molar-refractivity contribution >= 4 is 5.82 Å². The molecule has 0 aliphatic rings. The number of nitrogens with one attached hydrogen (secondary N) is 1. The van der Waals surface area contributed by atoms with Gasteiger partial charge in [-0.1, -0.05) is 0 Å². The Kier molecular flexibility index (Phi) is 4.67. The van der Waals surface area contributed by atoms with Gasteiger partial charge in [0.2, 0.25) is 0 Å². The summed E-state index contributed by atoms with van der Waals surface area (Å²) in [5, 5.41) is 3.19. The molecule has 1 heterocycles. The number of hydrogen-bond donors (Lipinski definition) is 1. The standard InChI is InChI=1S/C15H17F2N3O/c1-4-18-13-9(2)10(3)19-14(20-13)11-5-7-12(8-6-11)21-15(16)17/h5-8,15H,4H2,1-3H3,(H,18,19,20). The minimum atomic E-state index is -2.82. The number of nitrogens with zero attached hydrogens (tertiary/aromatic N) is 2. The normalized spacial score (nSPS) is 10.8. The minimum absolute atomic E-state index is 0.115. The Hall–Kier alpha value is -2.24. The van der Waals surface area contributed by atoms with Gasteiger partial charge in [0, 0.05) is 23.4 Å². The van der Waals surface area contributed by atoms with Crippen LogP contribution < -0.4 is 10.1 Å². The first-order valence-electron chi connectivity index (χ1n) is 6.65. The number of alkyl halides is 2. The van der Waals surface area contributed by atoms with Gasteiger partial charge in [-0.3, -0.25) is 0 Å². The van der Waals surface area contributed by atoms with E-state index in [9.17, 15) is 8.78 Å². The molecule has 0 radical (unpaired) electrons. The zero-order valence-corrected chi connectivity index (χ0v) is 12.2. The maximum atomic E-state index is 12.1. The molecule has 0 spiro atoms. The molecule has 1 aromatic heterocycles. The molecule has 0 saturated carbocycles. The molecule has 0 atom stereocenters. The van der Waals surface area contributed by atoms with Gasteiger partial charge in [-0.25, -0.2) is 9.97 Å². The van der Waals surface area contributed by atoms with Crippen molar-refractivity contribution in [3.05, 3.63) is 35.5 Å². The molecule has 4 nitrogen and oxygen atoms in total. The predicted octanol–water partition coefficient (Wildman–Crippen LogP) is 3.79. The number of anilines is 1. The SMILES string of the molecule is CCNc1nc(-c2ccc(OC(F)F)cc2)nc(C)c1C. The lowest BCUT2D eigenvalue weighted by atomic mass is 10.1. The lowest BCUT2D eigenvalue weighted by Crippen LogP contribution is -2.06. The van der Waals surface area contributed by atoms with Crippen LogP contribution in [0.25, 0.3) is 11.4 Å². The average molecular weight is 293 g/mol. The Morgan fingerprint density at radius 3 is 2.38 bits per heavy atom. The molecule has 2 aromatic rings. The summed E-state index contributed by atoms with van der Waals surface area (Å²) in [5.41, 5.74) is 2.63. The smallest absolute Gasteiger partial charge is 0.387 e. The Labute approximate surface area is 122 Å². The number of rotatable bonds is 5. The van der Waals surface area contributed by atoms with E-state index in [-0.39, 0.29) is 5.75 Å². The maximum absolute atomic E-state index is 12.1. The van der Waals surface area contributed by atoms with Gasteiger partial charge < -0.3 is 10.1 Å². The van der Waals surface area contributed by atoms with E-state index >= 15 is 0 Å². The number of aromatic nitrogens is 2. The first kappa shape index (κ1) is 15.2. The lowest BCUT2D eigenvalue weighted by molar-refractivity contribution is -0.0498. The van der Waals surface area contributed by atoms with Crippen molar-refractivity contribution in [3.8, 4) is 17.1 Å². The van der Waals surface area contributed by atoms with Gasteiger partial charge in [0.05, 0.1) is 0 Å². The predicted molar refractivity (Wildman–Crippen MR) is 77.7 cm³/mol. The van der Waals surface area contributed by atoms with Crippen molar-refractivity contribution < 1.29 is 13.5 Å². The zero-order chi connectivity index (χ0) is 15.4. The largest absolute Gasteiger partial charge is 0.435 e. The lowest BCUT2D eigenvalue weighted by Gasteiger charge is -2.11. The molecule has 0 bridgehead atoms. The van der Waals surface area contributed by atoms with Gasteiger partial charge in [-0.15, -0.1) is 0 Å². The Morgan fingerprint density at radius 1 is 1.14 bits per heavy atom. The van der Waals surface area contributed by atoms with Crippen molar-refractivity contribution in [1.82, 2.24) is 9.97 Å². The molecule has 112 valence electrons. The van der Waals surface area contributed by atoms with E-state index in [1.54, 1.807) is 12.1 Å². The van der Waals surface area contributed by atoms with E-state index < -0.39 is 6.61 Å². The van der Waals surface area contributed by atoms with Gasteiger partial charge in [0.25, 0.3) is 0 Å². The Balaban J connectivity index is 2.33. The Bertz CT molecular complexity index is 615. The number of halogens is 2. The van der Waals surface area contributed by atoms with Gasteiger partial charge in [0.1, 0.15) is 11.6 Å². The van der Waals surface area contributed by atoms with Crippen LogP contribution in [0.1, 0.15) is 18.2 Å². The summed E-state index contributed by atoms with van der Waals surface area (Å²) in [5.74, 6) is 1.45. The van der Waals surface area contributed by atoms with E-state index in [1.165, 1.54) is 12.1 Å². The molecule has 6 heteroatoms. The summed E-state index contributed by atoms with van der Waals surface area (Å²) in [6.45, 7) is 3.80. The molecule has 0 fully saturated rings. The van der Waals surface area contributed by atoms with E-state index in [2.05, 4.69) is 20.0 Å². The molecule has 2 rings (SSSR count). The monoisotopic (exact) mass is 293 g/mol. The van der Waals surface area contributed by atoms with Crippen LogP contribution in [-0.2, 0) is 0 Å². The molecule has 0 saturated heterocycles. The zero-order valence-electron chi connectivity index (χ0n) is 12.2. The second kappa shape index (κ2) is 6.47. The van der Waals surface area contributed by atoms with Crippen molar-refractivity contribution in [2.75, 3.05) is 11.9 Å². The first-order valence-corrected chi connectivity index (χ1v) is 6.65. The molecule has 0 amide bonds. The molecule has 1 N–H and O–H groups in total. The van der Waals surface area contributed by atoms with E-state index in [4.69, 9.17) is 0 Å². The van der Waals surface area contributed by atoms with E-state index in [0.29, 0.717) is 5.82 Å². The molecular weight excluding hydrogens is 276 g/mol. The van der Waals surface area contributed by atoms with Crippen LogP contribution in [-0.4, -0.2) is 23.1 Å². The quantitative estimate of drug-likeness (QED) is 0.911. The Morgan fingerprint density at radius 2 is 1.81 bits per heavy atom. The highest BCUT2D eigenvalue weighted by Gasteiger charge is 2.10. The number of hydrogen-bond acceptors (Lipinski definition) is 4. The molecular formula is C15H17F2N3O. The third-order valence-electron chi connectivity index (χ3n) is 3.07. The molecule has 0 aliphatic heterocycles. The summed E-state index contributed by atoms with van der Waals surface area (Å²) < 4.78 is 28.6. The summed E-state index contributed by atoms with van der Waals surface area (Å²) in [4.78, 5) is 8.91. The third kappa shape index (κ3) is 3.65. The number of benzene rings is 1. The van der Waals surface area contributed by atoms with Crippen molar-refractivity contribution in [2.45, 2.75) is 27.4 Å². The first-order chi connectivity index (χ1) is 10.0. The van der Waals surface area contributed by atoms with Gasteiger partial charge >= 0.3 is 6.61 Å². The fourth-order valence-electron chi connectivity index (χ4n) is 1.88. The summed E-state index contributed by atoms with van der Waals surface area (Å²) in [6, 6.07) is 6.29. The van der Waals surface area contributed by atoms with Gasteiger partial charge in [-0.2, -0.15) is 8.78 Å². The third-order valence-corrected chi connectivity index (χ3v) is 3.07. The van der Waals surface area contributed by atoms with Crippen LogP contribution >= 0.6 is 0 Å². The topological polar surface area (TPSA) is 47.0 Å². The second-order valence-corrected chi connectivity index (χ2v) is 4.54. The van der Waals surface area contributed by atoms with Gasteiger partial charge in [-0.05, 0) is 45.0 Å². The number of aryl methyl sites for hydroxylation is 1. The van der Waals surface area contributed by atoms with Crippen LogP contribution in [0.15, 0.2) is 24.3 Å². The highest BCUT2D eigenvalue weighted by atomic mass is 19.3.